The van der Waals surface area contributed by atoms with E-state index < -0.39 is 0 Å². The number of rotatable bonds is 2. The number of ketones is 1. The molecule has 0 heterocycles. The second kappa shape index (κ2) is 3.85. The fourth-order valence-electron chi connectivity index (χ4n) is 0.829. The number of halogens is 1. The molecular formula is C9H9IO. The monoisotopic (exact) mass is 260 g/mol. The topological polar surface area (TPSA) is 17.1 Å². The van der Waals surface area contributed by atoms with Gasteiger partial charge in [-0.2, -0.15) is 0 Å². The third-order valence-electron chi connectivity index (χ3n) is 1.51. The maximum atomic E-state index is 10.8. The Morgan fingerprint density at radius 2 is 1.91 bits per heavy atom. The molecule has 1 rings (SSSR count). The van der Waals surface area contributed by atoms with Gasteiger partial charge in [0.15, 0.2) is 5.78 Å². The summed E-state index contributed by atoms with van der Waals surface area (Å²) in [6.45, 7) is 1.58. The van der Waals surface area contributed by atoms with Crippen LogP contribution in [0.1, 0.15) is 22.8 Å². The van der Waals surface area contributed by atoms with Crippen LogP contribution in [0.2, 0.25) is 0 Å². The van der Waals surface area contributed by atoms with Gasteiger partial charge in [-0.15, -0.1) is 0 Å². The molecule has 11 heavy (non-hydrogen) atoms. The predicted molar refractivity (Wildman–Crippen MR) is 54.2 cm³/mol. The lowest BCUT2D eigenvalue weighted by Gasteiger charge is -1.96. The number of alkyl halides is 1. The van der Waals surface area contributed by atoms with E-state index >= 15 is 0 Å². The molecule has 2 heteroatoms. The van der Waals surface area contributed by atoms with Crippen LogP contribution in [0.25, 0.3) is 0 Å². The Labute approximate surface area is 79.9 Å². The largest absolute Gasteiger partial charge is 0.295 e. The van der Waals surface area contributed by atoms with E-state index in [1.165, 1.54) is 5.56 Å². The van der Waals surface area contributed by atoms with Gasteiger partial charge in [-0.05, 0) is 12.5 Å². The molecule has 0 aliphatic heterocycles. The first kappa shape index (κ1) is 8.71. The van der Waals surface area contributed by atoms with Crippen molar-refractivity contribution in [3.8, 4) is 0 Å². The van der Waals surface area contributed by atoms with Crippen LogP contribution in [0, 0.1) is 0 Å². The van der Waals surface area contributed by atoms with E-state index in [1.807, 2.05) is 24.3 Å². The molecule has 0 spiro atoms. The third-order valence-corrected chi connectivity index (χ3v) is 2.40. The summed E-state index contributed by atoms with van der Waals surface area (Å²) in [5, 5.41) is 0. The highest BCUT2D eigenvalue weighted by Crippen LogP contribution is 2.08. The molecule has 0 bridgehead atoms. The van der Waals surface area contributed by atoms with Gasteiger partial charge < -0.3 is 0 Å². The summed E-state index contributed by atoms with van der Waals surface area (Å²) < 4.78 is 0.996. The standard InChI is InChI=1S/C9H9IO/c1-7(11)9-4-2-8(6-10)3-5-9/h2-5H,6H2,1H3. The summed E-state index contributed by atoms with van der Waals surface area (Å²) in [7, 11) is 0. The Morgan fingerprint density at radius 3 is 2.27 bits per heavy atom. The molecule has 0 fully saturated rings. The minimum absolute atomic E-state index is 0.130. The highest BCUT2D eigenvalue weighted by molar-refractivity contribution is 14.1. The second-order valence-corrected chi connectivity index (χ2v) is 3.15. The summed E-state index contributed by atoms with van der Waals surface area (Å²) in [5.41, 5.74) is 2.05. The molecule has 1 aromatic rings. The van der Waals surface area contributed by atoms with Crippen LogP contribution in [-0.2, 0) is 4.43 Å². The summed E-state index contributed by atoms with van der Waals surface area (Å²) in [6.07, 6.45) is 0. The fraction of sp³-hybridized carbons (Fsp3) is 0.222. The molecular weight excluding hydrogens is 251 g/mol. The summed E-state index contributed by atoms with van der Waals surface area (Å²) >= 11 is 2.30. The molecule has 1 aromatic carbocycles. The van der Waals surface area contributed by atoms with Crippen LogP contribution in [0.5, 0.6) is 0 Å². The number of carbonyl (C=O) groups excluding carboxylic acids is 1. The molecule has 0 aliphatic rings. The molecule has 0 radical (unpaired) electrons. The number of Topliss-reactive ketones (excluding diaryl/α,β-unsaturated/α-hetero) is 1. The molecule has 0 saturated heterocycles. The normalized spacial score (nSPS) is 9.64. The van der Waals surface area contributed by atoms with Gasteiger partial charge in [-0.1, -0.05) is 46.9 Å². The average molecular weight is 260 g/mol. The lowest BCUT2D eigenvalue weighted by Crippen LogP contribution is -1.90. The molecule has 1 nitrogen and oxygen atoms in total. The van der Waals surface area contributed by atoms with E-state index in [1.54, 1.807) is 6.92 Å². The van der Waals surface area contributed by atoms with Crippen molar-refractivity contribution in [3.63, 3.8) is 0 Å². The first-order valence-electron chi connectivity index (χ1n) is 3.40. The molecule has 0 atom stereocenters. The Hall–Kier alpha value is -0.380. The van der Waals surface area contributed by atoms with Gasteiger partial charge in [0.2, 0.25) is 0 Å². The Morgan fingerprint density at radius 1 is 1.36 bits per heavy atom. The van der Waals surface area contributed by atoms with Crippen molar-refractivity contribution >= 4 is 28.4 Å². The van der Waals surface area contributed by atoms with Crippen molar-refractivity contribution in [1.82, 2.24) is 0 Å². The van der Waals surface area contributed by atoms with Gasteiger partial charge in [-0.25, -0.2) is 0 Å². The predicted octanol–water partition coefficient (Wildman–Crippen LogP) is 2.82. The number of hydrogen-bond acceptors (Lipinski definition) is 1. The third kappa shape index (κ3) is 2.29. The first-order chi connectivity index (χ1) is 5.24. The Balaban J connectivity index is 2.91. The average Bonchev–Trinajstić information content (AvgIpc) is 2.05. The molecule has 58 valence electrons. The number of hydrogen-bond donors (Lipinski definition) is 0. The zero-order valence-corrected chi connectivity index (χ0v) is 8.46. The molecule has 0 aromatic heterocycles. The van der Waals surface area contributed by atoms with E-state index in [0.717, 1.165) is 9.99 Å². The van der Waals surface area contributed by atoms with E-state index in [-0.39, 0.29) is 5.78 Å². The molecule has 0 N–H and O–H groups in total. The lowest BCUT2D eigenvalue weighted by molar-refractivity contribution is 0.101. The SMILES string of the molecule is CC(=O)c1ccc(CI)cc1. The van der Waals surface area contributed by atoms with E-state index in [4.69, 9.17) is 0 Å². The maximum Gasteiger partial charge on any atom is 0.159 e. The van der Waals surface area contributed by atoms with Gasteiger partial charge in [0.25, 0.3) is 0 Å². The highest BCUT2D eigenvalue weighted by atomic mass is 127. The van der Waals surface area contributed by atoms with Gasteiger partial charge in [0.05, 0.1) is 0 Å². The van der Waals surface area contributed by atoms with Gasteiger partial charge in [0, 0.05) is 9.99 Å². The summed E-state index contributed by atoms with van der Waals surface area (Å²) in [4.78, 5) is 10.8. The van der Waals surface area contributed by atoms with Crippen molar-refractivity contribution in [3.05, 3.63) is 35.4 Å². The van der Waals surface area contributed by atoms with Crippen LogP contribution in [0.3, 0.4) is 0 Å². The second-order valence-electron chi connectivity index (χ2n) is 2.39. The summed E-state index contributed by atoms with van der Waals surface area (Å²) in [5.74, 6) is 0.130. The molecule has 0 saturated carbocycles. The number of benzene rings is 1. The van der Waals surface area contributed by atoms with Crippen molar-refractivity contribution in [2.24, 2.45) is 0 Å². The van der Waals surface area contributed by atoms with Gasteiger partial charge in [0.1, 0.15) is 0 Å². The fourth-order valence-corrected chi connectivity index (χ4v) is 1.34. The molecule has 0 aliphatic carbocycles. The van der Waals surface area contributed by atoms with Crippen LogP contribution in [0.4, 0.5) is 0 Å². The number of carbonyl (C=O) groups is 1. The smallest absolute Gasteiger partial charge is 0.159 e. The van der Waals surface area contributed by atoms with Gasteiger partial charge in [-0.3, -0.25) is 4.79 Å². The zero-order valence-electron chi connectivity index (χ0n) is 6.30. The van der Waals surface area contributed by atoms with E-state index in [9.17, 15) is 4.79 Å². The highest BCUT2D eigenvalue weighted by Gasteiger charge is 1.96. The van der Waals surface area contributed by atoms with Gasteiger partial charge >= 0.3 is 0 Å². The van der Waals surface area contributed by atoms with E-state index in [2.05, 4.69) is 22.6 Å². The zero-order chi connectivity index (χ0) is 8.27. The maximum absolute atomic E-state index is 10.8. The van der Waals surface area contributed by atoms with Crippen molar-refractivity contribution in [1.29, 1.82) is 0 Å². The lowest BCUT2D eigenvalue weighted by atomic mass is 10.1. The quantitative estimate of drug-likeness (QED) is 0.454. The van der Waals surface area contributed by atoms with Crippen LogP contribution < -0.4 is 0 Å². The molecule has 0 amide bonds. The van der Waals surface area contributed by atoms with Crippen LogP contribution >= 0.6 is 22.6 Å². The minimum Gasteiger partial charge on any atom is -0.295 e. The van der Waals surface area contributed by atoms with E-state index in [0.29, 0.717) is 0 Å². The van der Waals surface area contributed by atoms with Crippen molar-refractivity contribution < 1.29 is 4.79 Å². The Bertz CT molecular complexity index is 251. The minimum atomic E-state index is 0.130. The first-order valence-corrected chi connectivity index (χ1v) is 4.92. The van der Waals surface area contributed by atoms with Crippen LogP contribution in [0.15, 0.2) is 24.3 Å². The summed E-state index contributed by atoms with van der Waals surface area (Å²) in [6, 6.07) is 7.72. The Kier molecular flexibility index (Phi) is 3.05. The molecule has 0 unspecified atom stereocenters. The van der Waals surface area contributed by atoms with Crippen molar-refractivity contribution in [2.75, 3.05) is 0 Å². The van der Waals surface area contributed by atoms with Crippen molar-refractivity contribution in [2.45, 2.75) is 11.4 Å². The van der Waals surface area contributed by atoms with Crippen LogP contribution in [-0.4, -0.2) is 5.78 Å².